The first-order valence-electron chi connectivity index (χ1n) is 3.45. The molecule has 0 bridgehead atoms. The maximum Gasteiger partial charge on any atom is 0.130 e. The van der Waals surface area contributed by atoms with Gasteiger partial charge in [0.1, 0.15) is 5.15 Å². The molecule has 1 rings (SSSR count). The Morgan fingerprint density at radius 3 is 2.90 bits per heavy atom. The maximum atomic E-state index is 8.93. The van der Waals surface area contributed by atoms with Crippen molar-refractivity contribution < 1.29 is 7.85 Å². The molecule has 0 atom stereocenters. The summed E-state index contributed by atoms with van der Waals surface area (Å²) in [6.07, 6.45) is 1.10. The molecule has 1 aromatic rings. The third-order valence-electron chi connectivity index (χ3n) is 0.941. The Kier molecular flexibility index (Phi) is 1.71. The Labute approximate surface area is 71.2 Å². The first kappa shape index (κ1) is 5.35. The highest BCUT2D eigenvalue weighted by Gasteiger charge is 1.98. The summed E-state index contributed by atoms with van der Waals surface area (Å²) in [4.78, 5) is 3.59. The molecule has 4 heteroatoms. The van der Waals surface area contributed by atoms with E-state index in [4.69, 9.17) is 31.0 Å². The summed E-state index contributed by atoms with van der Waals surface area (Å²) in [5, 5.41) is 9.14. The predicted molar refractivity (Wildman–Crippen MR) is 40.2 cm³/mol. The molecular formula is C6H5Cl2NO. The zero-order valence-corrected chi connectivity index (χ0v) is 6.32. The molecule has 1 heterocycles. The molecule has 0 fully saturated rings. The summed E-state index contributed by atoms with van der Waals surface area (Å²) in [6, 6.07) is 1.27. The van der Waals surface area contributed by atoms with Crippen LogP contribution in [0.15, 0.2) is 12.3 Å². The van der Waals surface area contributed by atoms with Gasteiger partial charge in [-0.05, 0) is 6.07 Å². The van der Waals surface area contributed by atoms with E-state index in [2.05, 4.69) is 4.98 Å². The Balaban J connectivity index is 3.19. The van der Waals surface area contributed by atoms with Gasteiger partial charge in [0, 0.05) is 11.8 Å². The van der Waals surface area contributed by atoms with E-state index in [-0.39, 0.29) is 15.7 Å². The Hall–Kier alpha value is -0.310. The van der Waals surface area contributed by atoms with Crippen LogP contribution >= 0.6 is 23.2 Å². The van der Waals surface area contributed by atoms with Crippen molar-refractivity contribution in [1.29, 1.82) is 0 Å². The normalized spacial score (nSPS) is 14.3. The molecule has 0 radical (unpaired) electrons. The number of halogens is 2. The highest BCUT2D eigenvalue weighted by Crippen LogP contribution is 2.17. The van der Waals surface area contributed by atoms with Crippen LogP contribution in [0.4, 0.5) is 0 Å². The molecule has 0 aliphatic carbocycles. The molecule has 54 valence electrons. The van der Waals surface area contributed by atoms with Gasteiger partial charge < -0.3 is 5.11 Å². The van der Waals surface area contributed by atoms with Crippen molar-refractivity contribution in [2.75, 3.05) is 0 Å². The SMILES string of the molecule is [2H]C([2H])(O)c1cnc(Cl)cc1Cl. The van der Waals surface area contributed by atoms with E-state index in [1.54, 1.807) is 0 Å². The number of aliphatic hydroxyl groups is 1. The van der Waals surface area contributed by atoms with Crippen molar-refractivity contribution in [3.05, 3.63) is 28.0 Å². The molecule has 1 N–H and O–H groups in total. The fourth-order valence-electron chi connectivity index (χ4n) is 0.490. The molecule has 10 heavy (non-hydrogen) atoms. The summed E-state index contributed by atoms with van der Waals surface area (Å²) in [6.45, 7) is -2.48. The third-order valence-corrected chi connectivity index (χ3v) is 1.46. The highest BCUT2D eigenvalue weighted by atomic mass is 35.5. The quantitative estimate of drug-likeness (QED) is 0.669. The second kappa shape index (κ2) is 3.19. The van der Waals surface area contributed by atoms with Crippen LogP contribution in [0.2, 0.25) is 10.2 Å². The van der Waals surface area contributed by atoms with Gasteiger partial charge in [-0.15, -0.1) is 0 Å². The summed E-state index contributed by atoms with van der Waals surface area (Å²) < 4.78 is 13.9. The van der Waals surface area contributed by atoms with Gasteiger partial charge in [-0.25, -0.2) is 4.98 Å². The molecule has 0 amide bonds. The Morgan fingerprint density at radius 1 is 1.70 bits per heavy atom. The van der Waals surface area contributed by atoms with E-state index in [9.17, 15) is 0 Å². The third kappa shape index (κ3) is 1.59. The standard InChI is InChI=1S/C6H5Cl2NO/c7-5-1-6(8)9-2-4(5)3-10/h1-2,10H,3H2/i3D2. The number of rotatable bonds is 1. The lowest BCUT2D eigenvalue weighted by molar-refractivity contribution is 0.281. The van der Waals surface area contributed by atoms with Crippen LogP contribution in [0.3, 0.4) is 0 Å². The summed E-state index contributed by atoms with van der Waals surface area (Å²) in [5.74, 6) is 0. The minimum Gasteiger partial charge on any atom is -0.392 e. The minimum atomic E-state index is -2.48. The highest BCUT2D eigenvalue weighted by molar-refractivity contribution is 6.34. The van der Waals surface area contributed by atoms with Gasteiger partial charge in [0.05, 0.1) is 14.3 Å². The predicted octanol–water partition coefficient (Wildman–Crippen LogP) is 1.88. The van der Waals surface area contributed by atoms with Crippen LogP contribution in [-0.2, 0) is 6.56 Å². The van der Waals surface area contributed by atoms with Crippen LogP contribution in [0, 0.1) is 0 Å². The Bertz CT molecular complexity index is 300. The lowest BCUT2D eigenvalue weighted by atomic mass is 10.3. The van der Waals surface area contributed by atoms with Crippen molar-refractivity contribution in [3.63, 3.8) is 0 Å². The lowest BCUT2D eigenvalue weighted by Crippen LogP contribution is -1.86. The number of hydrogen-bond acceptors (Lipinski definition) is 2. The summed E-state index contributed by atoms with van der Waals surface area (Å²) in [5.41, 5.74) is -0.0893. The molecule has 0 spiro atoms. The first-order valence-corrected chi connectivity index (χ1v) is 3.21. The van der Waals surface area contributed by atoms with Crippen molar-refractivity contribution in [2.24, 2.45) is 0 Å². The number of nitrogens with zero attached hydrogens (tertiary/aromatic N) is 1. The smallest absolute Gasteiger partial charge is 0.130 e. The van der Waals surface area contributed by atoms with Gasteiger partial charge in [-0.1, -0.05) is 23.2 Å². The molecule has 0 aromatic carbocycles. The maximum absolute atomic E-state index is 8.93. The van der Waals surface area contributed by atoms with Crippen molar-refractivity contribution in [1.82, 2.24) is 4.98 Å². The average molecular weight is 180 g/mol. The van der Waals surface area contributed by atoms with Crippen molar-refractivity contribution >= 4 is 23.2 Å². The lowest BCUT2D eigenvalue weighted by Gasteiger charge is -1.97. The van der Waals surface area contributed by atoms with Gasteiger partial charge in [0.15, 0.2) is 0 Å². The van der Waals surface area contributed by atoms with E-state index in [0.717, 1.165) is 6.20 Å². The van der Waals surface area contributed by atoms with Crippen LogP contribution < -0.4 is 0 Å². The van der Waals surface area contributed by atoms with Crippen LogP contribution in [0.5, 0.6) is 0 Å². The van der Waals surface area contributed by atoms with Gasteiger partial charge in [0.2, 0.25) is 0 Å². The van der Waals surface area contributed by atoms with E-state index >= 15 is 0 Å². The van der Waals surface area contributed by atoms with Gasteiger partial charge in [-0.2, -0.15) is 0 Å². The molecule has 2 nitrogen and oxygen atoms in total. The summed E-state index contributed by atoms with van der Waals surface area (Å²) >= 11 is 11.1. The minimum absolute atomic E-state index is 0.0579. The molecule has 0 saturated heterocycles. The largest absolute Gasteiger partial charge is 0.392 e. The average Bonchev–Trinajstić information content (AvgIpc) is 1.83. The van der Waals surface area contributed by atoms with E-state index in [1.165, 1.54) is 6.07 Å². The first-order chi connectivity index (χ1) is 5.41. The molecule has 0 aliphatic heterocycles. The topological polar surface area (TPSA) is 33.1 Å². The molecular weight excluding hydrogens is 173 g/mol. The second-order valence-electron chi connectivity index (χ2n) is 1.60. The number of pyridine rings is 1. The van der Waals surface area contributed by atoms with Crippen molar-refractivity contribution in [2.45, 2.75) is 6.56 Å². The molecule has 0 saturated carbocycles. The molecule has 1 aromatic heterocycles. The van der Waals surface area contributed by atoms with Crippen LogP contribution in [0.1, 0.15) is 8.30 Å². The monoisotopic (exact) mass is 179 g/mol. The molecule has 0 aliphatic rings. The second-order valence-corrected chi connectivity index (χ2v) is 2.39. The van der Waals surface area contributed by atoms with E-state index in [1.807, 2.05) is 0 Å². The van der Waals surface area contributed by atoms with E-state index < -0.39 is 6.56 Å². The van der Waals surface area contributed by atoms with Crippen molar-refractivity contribution in [3.8, 4) is 0 Å². The Morgan fingerprint density at radius 2 is 2.40 bits per heavy atom. The van der Waals surface area contributed by atoms with Gasteiger partial charge in [-0.3, -0.25) is 0 Å². The zero-order valence-electron chi connectivity index (χ0n) is 6.81. The van der Waals surface area contributed by atoms with Gasteiger partial charge in [0.25, 0.3) is 0 Å². The van der Waals surface area contributed by atoms with E-state index in [0.29, 0.717) is 0 Å². The number of aromatic nitrogens is 1. The van der Waals surface area contributed by atoms with Crippen LogP contribution in [0.25, 0.3) is 0 Å². The molecule has 0 unspecified atom stereocenters. The van der Waals surface area contributed by atoms with Gasteiger partial charge >= 0.3 is 0 Å². The fraction of sp³-hybridized carbons (Fsp3) is 0.167. The zero-order chi connectivity index (χ0) is 9.35. The van der Waals surface area contributed by atoms with Crippen LogP contribution in [-0.4, -0.2) is 10.1 Å². The summed E-state index contributed by atoms with van der Waals surface area (Å²) in [7, 11) is 0. The number of hydrogen-bond donors (Lipinski definition) is 1. The fourth-order valence-corrected chi connectivity index (χ4v) is 0.898.